The van der Waals surface area contributed by atoms with Crippen LogP contribution in [0.2, 0.25) is 0 Å². The van der Waals surface area contributed by atoms with Crippen molar-refractivity contribution in [3.05, 3.63) is 53.6 Å². The maximum atomic E-state index is 12.4. The molecule has 0 unspecified atom stereocenters. The molecule has 0 saturated heterocycles. The number of amides is 1. The molecule has 120 valence electrons. The summed E-state index contributed by atoms with van der Waals surface area (Å²) in [5.41, 5.74) is 3.69. The Morgan fingerprint density at radius 3 is 3.00 bits per heavy atom. The van der Waals surface area contributed by atoms with Crippen LogP contribution in [0.5, 0.6) is 5.75 Å². The van der Waals surface area contributed by atoms with Gasteiger partial charge in [-0.3, -0.25) is 4.79 Å². The fourth-order valence-corrected chi connectivity index (χ4v) is 2.56. The predicted molar refractivity (Wildman–Crippen MR) is 90.4 cm³/mol. The molecule has 0 bridgehead atoms. The number of fused-ring (bicyclic) bond motifs is 1. The van der Waals surface area contributed by atoms with Crippen LogP contribution in [0.15, 0.2) is 42.5 Å². The average molecular weight is 312 g/mol. The van der Waals surface area contributed by atoms with E-state index in [1.54, 1.807) is 7.11 Å². The van der Waals surface area contributed by atoms with Crippen LogP contribution in [0.4, 0.5) is 11.4 Å². The van der Waals surface area contributed by atoms with Gasteiger partial charge in [0.1, 0.15) is 12.4 Å². The van der Waals surface area contributed by atoms with Crippen molar-refractivity contribution in [1.29, 1.82) is 0 Å². The number of anilines is 2. The largest absolute Gasteiger partial charge is 0.491 e. The standard InChI is InChI=1S/C18H20N2O3/c1-22-9-10-23-16-4-2-3-15(12-16)20-18(21)14-5-6-17-13(11-14)7-8-19-17/h2-6,11-12,19H,7-10H2,1H3,(H,20,21). The highest BCUT2D eigenvalue weighted by atomic mass is 16.5. The molecule has 0 saturated carbocycles. The van der Waals surface area contributed by atoms with E-state index in [2.05, 4.69) is 10.6 Å². The third-order valence-corrected chi connectivity index (χ3v) is 3.73. The van der Waals surface area contributed by atoms with Crippen LogP contribution in [0.3, 0.4) is 0 Å². The first-order valence-electron chi connectivity index (χ1n) is 7.66. The van der Waals surface area contributed by atoms with Gasteiger partial charge in [-0.15, -0.1) is 0 Å². The van der Waals surface area contributed by atoms with Crippen LogP contribution in [0.25, 0.3) is 0 Å². The third-order valence-electron chi connectivity index (χ3n) is 3.73. The Kier molecular flexibility index (Phi) is 4.78. The number of hydrogen-bond donors (Lipinski definition) is 2. The van der Waals surface area contributed by atoms with Gasteiger partial charge in [0.05, 0.1) is 6.61 Å². The van der Waals surface area contributed by atoms with Crippen molar-refractivity contribution >= 4 is 17.3 Å². The number of ether oxygens (including phenoxy) is 2. The molecule has 0 aliphatic carbocycles. The molecule has 1 aliphatic rings. The van der Waals surface area contributed by atoms with Crippen molar-refractivity contribution in [3.8, 4) is 5.75 Å². The van der Waals surface area contributed by atoms with E-state index >= 15 is 0 Å². The number of nitrogens with one attached hydrogen (secondary N) is 2. The van der Waals surface area contributed by atoms with Crippen molar-refractivity contribution in [2.45, 2.75) is 6.42 Å². The van der Waals surface area contributed by atoms with Gasteiger partial charge in [0.2, 0.25) is 0 Å². The Bertz CT molecular complexity index is 700. The van der Waals surface area contributed by atoms with E-state index in [4.69, 9.17) is 9.47 Å². The first-order valence-corrected chi connectivity index (χ1v) is 7.66. The summed E-state index contributed by atoms with van der Waals surface area (Å²) in [6.45, 7) is 1.94. The van der Waals surface area contributed by atoms with Gasteiger partial charge in [0, 0.05) is 36.7 Å². The summed E-state index contributed by atoms with van der Waals surface area (Å²) in [7, 11) is 1.63. The normalized spacial score (nSPS) is 12.4. The van der Waals surface area contributed by atoms with Gasteiger partial charge in [-0.25, -0.2) is 0 Å². The fraction of sp³-hybridized carbons (Fsp3) is 0.278. The van der Waals surface area contributed by atoms with Gasteiger partial charge < -0.3 is 20.1 Å². The molecule has 0 aromatic heterocycles. The van der Waals surface area contributed by atoms with Gasteiger partial charge in [-0.05, 0) is 42.3 Å². The topological polar surface area (TPSA) is 59.6 Å². The molecule has 23 heavy (non-hydrogen) atoms. The Morgan fingerprint density at radius 1 is 1.22 bits per heavy atom. The summed E-state index contributed by atoms with van der Waals surface area (Å²) in [5, 5.41) is 6.20. The molecule has 5 heteroatoms. The maximum absolute atomic E-state index is 12.4. The summed E-state index contributed by atoms with van der Waals surface area (Å²) in [4.78, 5) is 12.4. The van der Waals surface area contributed by atoms with Crippen LogP contribution in [0.1, 0.15) is 15.9 Å². The summed E-state index contributed by atoms with van der Waals surface area (Å²) in [5.74, 6) is 0.590. The summed E-state index contributed by atoms with van der Waals surface area (Å²) in [6, 6.07) is 13.1. The Balaban J connectivity index is 1.66. The van der Waals surface area contributed by atoms with Gasteiger partial charge in [0.15, 0.2) is 0 Å². The van der Waals surface area contributed by atoms with E-state index in [9.17, 15) is 4.79 Å². The number of benzene rings is 2. The first kappa shape index (κ1) is 15.4. The van der Waals surface area contributed by atoms with Crippen molar-refractivity contribution in [3.63, 3.8) is 0 Å². The molecule has 5 nitrogen and oxygen atoms in total. The molecule has 2 aromatic carbocycles. The molecular formula is C18H20N2O3. The number of methoxy groups -OCH3 is 1. The van der Waals surface area contributed by atoms with E-state index < -0.39 is 0 Å². The SMILES string of the molecule is COCCOc1cccc(NC(=O)c2ccc3c(c2)CCN3)c1. The quantitative estimate of drug-likeness (QED) is 0.805. The number of carbonyl (C=O) groups excluding carboxylic acids is 1. The Labute approximate surface area is 135 Å². The van der Waals surface area contributed by atoms with Gasteiger partial charge in [-0.2, -0.15) is 0 Å². The second kappa shape index (κ2) is 7.15. The molecule has 0 fully saturated rings. The molecule has 1 aliphatic heterocycles. The van der Waals surface area contributed by atoms with Gasteiger partial charge >= 0.3 is 0 Å². The van der Waals surface area contributed by atoms with Crippen molar-refractivity contribution in [2.24, 2.45) is 0 Å². The first-order chi connectivity index (χ1) is 11.3. The molecular weight excluding hydrogens is 292 g/mol. The molecule has 3 rings (SSSR count). The number of hydrogen-bond acceptors (Lipinski definition) is 4. The van der Waals surface area contributed by atoms with Crippen molar-refractivity contribution in [2.75, 3.05) is 37.5 Å². The lowest BCUT2D eigenvalue weighted by atomic mass is 10.1. The number of rotatable bonds is 6. The van der Waals surface area contributed by atoms with Gasteiger partial charge in [0.25, 0.3) is 5.91 Å². The van der Waals surface area contributed by atoms with Crippen LogP contribution >= 0.6 is 0 Å². The summed E-state index contributed by atoms with van der Waals surface area (Å²) < 4.78 is 10.5. The van der Waals surface area contributed by atoms with Crippen LogP contribution < -0.4 is 15.4 Å². The zero-order chi connectivity index (χ0) is 16.1. The lowest BCUT2D eigenvalue weighted by molar-refractivity contribution is 0.102. The lowest BCUT2D eigenvalue weighted by Gasteiger charge is -2.09. The van der Waals surface area contributed by atoms with Gasteiger partial charge in [-0.1, -0.05) is 6.07 Å². The molecule has 2 N–H and O–H groups in total. The predicted octanol–water partition coefficient (Wildman–Crippen LogP) is 2.93. The zero-order valence-electron chi connectivity index (χ0n) is 13.1. The van der Waals surface area contributed by atoms with E-state index in [1.165, 1.54) is 5.56 Å². The number of carbonyl (C=O) groups is 1. The molecule has 0 radical (unpaired) electrons. The molecule has 1 amide bonds. The Morgan fingerprint density at radius 2 is 2.13 bits per heavy atom. The minimum Gasteiger partial charge on any atom is -0.491 e. The fourth-order valence-electron chi connectivity index (χ4n) is 2.56. The minimum atomic E-state index is -0.117. The lowest BCUT2D eigenvalue weighted by Crippen LogP contribution is -2.12. The van der Waals surface area contributed by atoms with E-state index in [0.717, 1.165) is 18.7 Å². The van der Waals surface area contributed by atoms with Crippen LogP contribution in [-0.2, 0) is 11.2 Å². The zero-order valence-corrected chi connectivity index (χ0v) is 13.1. The Hall–Kier alpha value is -2.53. The summed E-state index contributed by atoms with van der Waals surface area (Å²) in [6.07, 6.45) is 0.958. The molecule has 1 heterocycles. The summed E-state index contributed by atoms with van der Waals surface area (Å²) >= 11 is 0. The van der Waals surface area contributed by atoms with Crippen LogP contribution in [-0.4, -0.2) is 32.8 Å². The molecule has 2 aromatic rings. The third kappa shape index (κ3) is 3.81. The highest BCUT2D eigenvalue weighted by molar-refractivity contribution is 6.04. The van der Waals surface area contributed by atoms with E-state index in [-0.39, 0.29) is 5.91 Å². The van der Waals surface area contributed by atoms with Crippen LogP contribution in [0, 0.1) is 0 Å². The smallest absolute Gasteiger partial charge is 0.255 e. The van der Waals surface area contributed by atoms with E-state index in [1.807, 2.05) is 42.5 Å². The second-order valence-electron chi connectivity index (χ2n) is 5.37. The minimum absolute atomic E-state index is 0.117. The second-order valence-corrected chi connectivity index (χ2v) is 5.37. The molecule has 0 spiro atoms. The highest BCUT2D eigenvalue weighted by Gasteiger charge is 2.13. The monoisotopic (exact) mass is 312 g/mol. The molecule has 0 atom stereocenters. The van der Waals surface area contributed by atoms with Crippen molar-refractivity contribution < 1.29 is 14.3 Å². The maximum Gasteiger partial charge on any atom is 0.255 e. The van der Waals surface area contributed by atoms with E-state index in [0.29, 0.717) is 30.2 Å². The average Bonchev–Trinajstić information content (AvgIpc) is 3.03. The van der Waals surface area contributed by atoms with Crippen molar-refractivity contribution in [1.82, 2.24) is 0 Å². The highest BCUT2D eigenvalue weighted by Crippen LogP contribution is 2.24.